The summed E-state index contributed by atoms with van der Waals surface area (Å²) in [6, 6.07) is 0.699. The summed E-state index contributed by atoms with van der Waals surface area (Å²) in [6.45, 7) is 5.51. The van der Waals surface area contributed by atoms with Gasteiger partial charge in [-0.3, -0.25) is 4.90 Å². The van der Waals surface area contributed by atoms with E-state index < -0.39 is 0 Å². The van der Waals surface area contributed by atoms with Crippen LogP contribution in [0.15, 0.2) is 0 Å². The fraction of sp³-hybridized carbons (Fsp3) is 1.00. The molecular weight excluding hydrogens is 100 g/mol. The summed E-state index contributed by atoms with van der Waals surface area (Å²) in [7, 11) is 0. The van der Waals surface area contributed by atoms with Crippen molar-refractivity contribution in [2.45, 2.75) is 32.5 Å². The van der Waals surface area contributed by atoms with Crippen LogP contribution in [-0.2, 0) is 0 Å². The van der Waals surface area contributed by atoms with Gasteiger partial charge in [-0.15, -0.1) is 0 Å². The average Bonchev–Trinajstić information content (AvgIpc) is 2.45. The van der Waals surface area contributed by atoms with Crippen LogP contribution >= 0.6 is 0 Å². The summed E-state index contributed by atoms with van der Waals surface area (Å²) in [4.78, 5) is 2.29. The van der Waals surface area contributed by atoms with E-state index in [1.165, 1.54) is 6.42 Å². The van der Waals surface area contributed by atoms with Gasteiger partial charge in [-0.05, 0) is 13.3 Å². The van der Waals surface area contributed by atoms with Gasteiger partial charge in [-0.1, -0.05) is 6.92 Å². The monoisotopic (exact) mass is 114 g/mol. The molecule has 0 aromatic carbocycles. The van der Waals surface area contributed by atoms with Crippen molar-refractivity contribution in [1.82, 2.24) is 4.90 Å². The van der Waals surface area contributed by atoms with Crippen LogP contribution in [0.2, 0.25) is 0 Å². The zero-order valence-electron chi connectivity index (χ0n) is 5.59. The standard InChI is InChI=1S/C6H14N2/c1-3-5(2)8-4-6(8)7/h5-6H,3-4,7H2,1-2H3. The number of nitrogens with two attached hydrogens (primary N) is 1. The van der Waals surface area contributed by atoms with Gasteiger partial charge >= 0.3 is 0 Å². The third kappa shape index (κ3) is 1.01. The normalized spacial score (nSPS) is 39.4. The van der Waals surface area contributed by atoms with Crippen molar-refractivity contribution < 1.29 is 0 Å². The van der Waals surface area contributed by atoms with Crippen LogP contribution in [-0.4, -0.2) is 23.7 Å². The minimum absolute atomic E-state index is 0.380. The lowest BCUT2D eigenvalue weighted by Gasteiger charge is -2.07. The molecule has 1 saturated heterocycles. The van der Waals surface area contributed by atoms with E-state index in [4.69, 9.17) is 5.73 Å². The summed E-state index contributed by atoms with van der Waals surface area (Å²) in [5.41, 5.74) is 5.57. The van der Waals surface area contributed by atoms with Crippen molar-refractivity contribution in [3.8, 4) is 0 Å². The Morgan fingerprint density at radius 2 is 2.38 bits per heavy atom. The molecule has 0 bridgehead atoms. The molecule has 1 heterocycles. The van der Waals surface area contributed by atoms with Crippen molar-refractivity contribution in [3.63, 3.8) is 0 Å². The van der Waals surface area contributed by atoms with Crippen molar-refractivity contribution >= 4 is 0 Å². The van der Waals surface area contributed by atoms with E-state index in [2.05, 4.69) is 18.7 Å². The van der Waals surface area contributed by atoms with Gasteiger partial charge in [-0.25, -0.2) is 0 Å². The van der Waals surface area contributed by atoms with E-state index in [9.17, 15) is 0 Å². The van der Waals surface area contributed by atoms with Crippen molar-refractivity contribution in [2.75, 3.05) is 6.54 Å². The average molecular weight is 114 g/mol. The van der Waals surface area contributed by atoms with Gasteiger partial charge in [0.1, 0.15) is 0 Å². The first-order valence-electron chi connectivity index (χ1n) is 3.27. The van der Waals surface area contributed by atoms with Gasteiger partial charge in [0.25, 0.3) is 0 Å². The largest absolute Gasteiger partial charge is 0.315 e. The summed E-state index contributed by atoms with van der Waals surface area (Å²) >= 11 is 0. The fourth-order valence-electron chi connectivity index (χ4n) is 0.910. The number of rotatable bonds is 2. The summed E-state index contributed by atoms with van der Waals surface area (Å²) in [5.74, 6) is 0. The molecule has 1 fully saturated rings. The molecule has 0 amide bonds. The number of nitrogens with zero attached hydrogens (tertiary/aromatic N) is 1. The molecule has 8 heavy (non-hydrogen) atoms. The summed E-state index contributed by atoms with van der Waals surface area (Å²) in [6.07, 6.45) is 1.60. The number of hydrogen-bond donors (Lipinski definition) is 1. The molecule has 0 radical (unpaired) electrons. The zero-order chi connectivity index (χ0) is 6.15. The maximum absolute atomic E-state index is 5.57. The quantitative estimate of drug-likeness (QED) is 0.526. The van der Waals surface area contributed by atoms with E-state index in [1.54, 1.807) is 0 Å². The van der Waals surface area contributed by atoms with Gasteiger partial charge in [-0.2, -0.15) is 0 Å². The fourth-order valence-corrected chi connectivity index (χ4v) is 0.910. The van der Waals surface area contributed by atoms with Gasteiger partial charge in [0, 0.05) is 12.6 Å². The first-order chi connectivity index (χ1) is 3.75. The molecule has 2 N–H and O–H groups in total. The molecule has 2 heteroatoms. The molecule has 0 spiro atoms. The molecule has 3 atom stereocenters. The van der Waals surface area contributed by atoms with Crippen LogP contribution in [0, 0.1) is 0 Å². The highest BCUT2D eigenvalue weighted by molar-refractivity contribution is 4.86. The Labute approximate surface area is 50.7 Å². The molecule has 2 nitrogen and oxygen atoms in total. The van der Waals surface area contributed by atoms with Crippen molar-refractivity contribution in [1.29, 1.82) is 0 Å². The second kappa shape index (κ2) is 2.03. The molecule has 0 aromatic heterocycles. The first kappa shape index (κ1) is 6.05. The van der Waals surface area contributed by atoms with E-state index in [0.29, 0.717) is 12.2 Å². The van der Waals surface area contributed by atoms with Crippen LogP contribution in [0.3, 0.4) is 0 Å². The summed E-state index contributed by atoms with van der Waals surface area (Å²) < 4.78 is 0. The van der Waals surface area contributed by atoms with Gasteiger partial charge in [0.2, 0.25) is 0 Å². The Balaban J connectivity index is 2.18. The Morgan fingerprint density at radius 1 is 1.88 bits per heavy atom. The molecule has 0 aliphatic carbocycles. The van der Waals surface area contributed by atoms with Crippen molar-refractivity contribution in [2.24, 2.45) is 5.73 Å². The molecule has 48 valence electrons. The molecule has 0 aromatic rings. The SMILES string of the molecule is CCC(C)N1CC1N. The van der Waals surface area contributed by atoms with Gasteiger partial charge in [0.05, 0.1) is 6.17 Å². The van der Waals surface area contributed by atoms with Crippen LogP contribution < -0.4 is 5.73 Å². The molecule has 0 saturated carbocycles. The lowest BCUT2D eigenvalue weighted by atomic mass is 10.3. The predicted octanol–water partition coefficient (Wildman–Crippen LogP) is 0.385. The minimum Gasteiger partial charge on any atom is -0.315 e. The highest BCUT2D eigenvalue weighted by Crippen LogP contribution is 2.17. The van der Waals surface area contributed by atoms with E-state index in [0.717, 1.165) is 6.54 Å². The second-order valence-corrected chi connectivity index (χ2v) is 2.52. The molecule has 1 aliphatic rings. The minimum atomic E-state index is 0.380. The topological polar surface area (TPSA) is 29.0 Å². The lowest BCUT2D eigenvalue weighted by Crippen LogP contribution is -2.19. The van der Waals surface area contributed by atoms with Gasteiger partial charge in [0.15, 0.2) is 0 Å². The Morgan fingerprint density at radius 3 is 2.50 bits per heavy atom. The first-order valence-corrected chi connectivity index (χ1v) is 3.27. The lowest BCUT2D eigenvalue weighted by molar-refractivity contribution is 0.387. The van der Waals surface area contributed by atoms with Crippen LogP contribution in [0.5, 0.6) is 0 Å². The zero-order valence-corrected chi connectivity index (χ0v) is 5.59. The maximum Gasteiger partial charge on any atom is 0.0707 e. The van der Waals surface area contributed by atoms with Crippen LogP contribution in [0.25, 0.3) is 0 Å². The van der Waals surface area contributed by atoms with Gasteiger partial charge < -0.3 is 5.73 Å². The Kier molecular flexibility index (Phi) is 1.54. The third-order valence-electron chi connectivity index (χ3n) is 1.85. The molecule has 1 aliphatic heterocycles. The van der Waals surface area contributed by atoms with Crippen LogP contribution in [0.4, 0.5) is 0 Å². The molecule has 1 rings (SSSR count). The maximum atomic E-state index is 5.57. The van der Waals surface area contributed by atoms with Crippen LogP contribution in [0.1, 0.15) is 20.3 Å². The Hall–Kier alpha value is -0.0800. The second-order valence-electron chi connectivity index (χ2n) is 2.52. The highest BCUT2D eigenvalue weighted by atomic mass is 15.4. The highest BCUT2D eigenvalue weighted by Gasteiger charge is 2.32. The van der Waals surface area contributed by atoms with E-state index in [1.807, 2.05) is 0 Å². The van der Waals surface area contributed by atoms with E-state index in [-0.39, 0.29) is 0 Å². The third-order valence-corrected chi connectivity index (χ3v) is 1.85. The number of hydrogen-bond acceptors (Lipinski definition) is 2. The predicted molar refractivity (Wildman–Crippen MR) is 34.4 cm³/mol. The Bertz CT molecular complexity index is 80.6. The van der Waals surface area contributed by atoms with Crippen molar-refractivity contribution in [3.05, 3.63) is 0 Å². The molecule has 3 unspecified atom stereocenters. The molecular formula is C6H14N2. The smallest absolute Gasteiger partial charge is 0.0707 e. The summed E-state index contributed by atoms with van der Waals surface area (Å²) in [5, 5.41) is 0. The van der Waals surface area contributed by atoms with E-state index >= 15 is 0 Å².